The number of hydrogen-bond acceptors (Lipinski definition) is 4. The third kappa shape index (κ3) is 2.36. The molecule has 4 aromatic rings. The maximum Gasteiger partial charge on any atom is 0.266 e. The molecule has 0 saturated heterocycles. The van der Waals surface area contributed by atoms with Gasteiger partial charge in [0.15, 0.2) is 5.58 Å². The molecule has 2 amide bonds. The molecule has 0 radical (unpaired) electrons. The molecule has 130 valence electrons. The molecule has 5 heteroatoms. The Bertz CT molecular complexity index is 1190. The summed E-state index contributed by atoms with van der Waals surface area (Å²) in [4.78, 5) is 31.0. The summed E-state index contributed by atoms with van der Waals surface area (Å²) in [6, 6.07) is 19.9. The summed E-state index contributed by atoms with van der Waals surface area (Å²) in [5.41, 5.74) is 4.54. The monoisotopic (exact) mass is 354 g/mol. The molecule has 0 spiro atoms. The van der Waals surface area contributed by atoms with Crippen LogP contribution in [0.25, 0.3) is 22.6 Å². The smallest absolute Gasteiger partial charge is 0.266 e. The summed E-state index contributed by atoms with van der Waals surface area (Å²) >= 11 is 0. The lowest BCUT2D eigenvalue weighted by molar-refractivity contribution is 0.0926. The number of hydrogen-bond donors (Lipinski definition) is 0. The predicted octanol–water partition coefficient (Wildman–Crippen LogP) is 4.60. The van der Waals surface area contributed by atoms with Gasteiger partial charge in [0.1, 0.15) is 5.52 Å². The third-order valence-electron chi connectivity index (χ3n) is 4.72. The molecule has 5 rings (SSSR count). The zero-order chi connectivity index (χ0) is 18.5. The van der Waals surface area contributed by atoms with E-state index >= 15 is 0 Å². The fourth-order valence-corrected chi connectivity index (χ4v) is 3.30. The quantitative estimate of drug-likeness (QED) is 0.493. The van der Waals surface area contributed by atoms with Crippen molar-refractivity contribution in [2.75, 3.05) is 4.90 Å². The summed E-state index contributed by atoms with van der Waals surface area (Å²) < 4.78 is 5.88. The molecule has 27 heavy (non-hydrogen) atoms. The Morgan fingerprint density at radius 1 is 0.852 bits per heavy atom. The van der Waals surface area contributed by atoms with Crippen LogP contribution in [0, 0.1) is 6.92 Å². The van der Waals surface area contributed by atoms with E-state index in [-0.39, 0.29) is 11.8 Å². The lowest BCUT2D eigenvalue weighted by Crippen LogP contribution is -2.29. The SMILES string of the molecule is Cc1ccc(-c2nc3ccc(N4C(=O)c5ccccc5C4=O)cc3o2)cc1. The maximum absolute atomic E-state index is 12.7. The van der Waals surface area contributed by atoms with Gasteiger partial charge in [-0.05, 0) is 43.3 Å². The van der Waals surface area contributed by atoms with Crippen LogP contribution in [-0.2, 0) is 0 Å². The lowest BCUT2D eigenvalue weighted by Gasteiger charge is -2.13. The molecule has 0 atom stereocenters. The first-order chi connectivity index (χ1) is 13.1. The zero-order valence-corrected chi connectivity index (χ0v) is 14.5. The van der Waals surface area contributed by atoms with E-state index in [1.807, 2.05) is 31.2 Å². The molecular weight excluding hydrogens is 340 g/mol. The Balaban J connectivity index is 1.57. The van der Waals surface area contributed by atoms with Crippen LogP contribution in [0.1, 0.15) is 26.3 Å². The average Bonchev–Trinajstić information content (AvgIpc) is 3.22. The number of imide groups is 1. The molecule has 1 aliphatic heterocycles. The first-order valence-electron chi connectivity index (χ1n) is 8.57. The number of oxazole rings is 1. The number of amides is 2. The van der Waals surface area contributed by atoms with Crippen molar-refractivity contribution in [2.24, 2.45) is 0 Å². The number of anilines is 1. The van der Waals surface area contributed by atoms with Crippen LogP contribution in [-0.4, -0.2) is 16.8 Å². The molecule has 1 aliphatic rings. The number of nitrogens with zero attached hydrogens (tertiary/aromatic N) is 2. The molecule has 0 N–H and O–H groups in total. The van der Waals surface area contributed by atoms with Gasteiger partial charge in [0.25, 0.3) is 11.8 Å². The van der Waals surface area contributed by atoms with E-state index in [1.165, 1.54) is 4.90 Å². The Morgan fingerprint density at radius 2 is 1.52 bits per heavy atom. The molecule has 1 aromatic heterocycles. The van der Waals surface area contributed by atoms with Crippen molar-refractivity contribution in [3.05, 3.63) is 83.4 Å². The van der Waals surface area contributed by atoms with Crippen molar-refractivity contribution >= 4 is 28.6 Å². The van der Waals surface area contributed by atoms with Gasteiger partial charge in [-0.2, -0.15) is 0 Å². The van der Waals surface area contributed by atoms with Gasteiger partial charge < -0.3 is 4.42 Å². The van der Waals surface area contributed by atoms with Crippen molar-refractivity contribution in [1.82, 2.24) is 4.98 Å². The second-order valence-electron chi connectivity index (χ2n) is 6.53. The van der Waals surface area contributed by atoms with Crippen LogP contribution in [0.3, 0.4) is 0 Å². The van der Waals surface area contributed by atoms with Gasteiger partial charge in [0.05, 0.1) is 16.8 Å². The molecular formula is C22H14N2O3. The Labute approximate surface area is 154 Å². The molecule has 0 unspecified atom stereocenters. The van der Waals surface area contributed by atoms with E-state index < -0.39 is 0 Å². The van der Waals surface area contributed by atoms with Crippen molar-refractivity contribution in [1.29, 1.82) is 0 Å². The Morgan fingerprint density at radius 3 is 2.19 bits per heavy atom. The van der Waals surface area contributed by atoms with Crippen LogP contribution in [0.4, 0.5) is 5.69 Å². The van der Waals surface area contributed by atoms with E-state index in [0.29, 0.717) is 33.8 Å². The maximum atomic E-state index is 12.7. The number of aryl methyl sites for hydroxylation is 1. The van der Waals surface area contributed by atoms with Crippen LogP contribution in [0.2, 0.25) is 0 Å². The summed E-state index contributed by atoms with van der Waals surface area (Å²) in [6.07, 6.45) is 0. The fourth-order valence-electron chi connectivity index (χ4n) is 3.30. The van der Waals surface area contributed by atoms with Gasteiger partial charge in [-0.25, -0.2) is 9.88 Å². The lowest BCUT2D eigenvalue weighted by atomic mass is 10.1. The summed E-state index contributed by atoms with van der Waals surface area (Å²) in [5, 5.41) is 0. The van der Waals surface area contributed by atoms with Gasteiger partial charge in [-0.1, -0.05) is 29.8 Å². The largest absolute Gasteiger partial charge is 0.436 e. The molecule has 2 heterocycles. The highest BCUT2D eigenvalue weighted by Gasteiger charge is 2.36. The Hall–Kier alpha value is -3.73. The minimum absolute atomic E-state index is 0.326. The van der Waals surface area contributed by atoms with Crippen molar-refractivity contribution in [2.45, 2.75) is 6.92 Å². The molecule has 5 nitrogen and oxygen atoms in total. The normalized spacial score (nSPS) is 13.4. The molecule has 0 fully saturated rings. The third-order valence-corrected chi connectivity index (χ3v) is 4.72. The molecule has 0 bridgehead atoms. The van der Waals surface area contributed by atoms with E-state index in [1.54, 1.807) is 42.5 Å². The summed E-state index contributed by atoms with van der Waals surface area (Å²) in [5.74, 6) is -0.147. The van der Waals surface area contributed by atoms with E-state index in [2.05, 4.69) is 4.98 Å². The van der Waals surface area contributed by atoms with Gasteiger partial charge in [-0.15, -0.1) is 0 Å². The number of aromatic nitrogens is 1. The average molecular weight is 354 g/mol. The van der Waals surface area contributed by atoms with Gasteiger partial charge in [-0.3, -0.25) is 9.59 Å². The standard InChI is InChI=1S/C22H14N2O3/c1-13-6-8-14(9-7-13)20-23-18-11-10-15(12-19(18)27-20)24-21(25)16-4-2-3-5-17(16)22(24)26/h2-12H,1H3. The highest BCUT2D eigenvalue weighted by atomic mass is 16.3. The number of fused-ring (bicyclic) bond motifs is 2. The zero-order valence-electron chi connectivity index (χ0n) is 14.5. The van der Waals surface area contributed by atoms with Crippen molar-refractivity contribution in [3.8, 4) is 11.5 Å². The number of carbonyl (C=O) groups excluding carboxylic acids is 2. The van der Waals surface area contributed by atoms with E-state index in [9.17, 15) is 9.59 Å². The van der Waals surface area contributed by atoms with E-state index in [0.717, 1.165) is 11.1 Å². The van der Waals surface area contributed by atoms with Crippen LogP contribution < -0.4 is 4.90 Å². The molecule has 0 aliphatic carbocycles. The molecule has 3 aromatic carbocycles. The van der Waals surface area contributed by atoms with Crippen molar-refractivity contribution < 1.29 is 14.0 Å². The Kier molecular flexibility index (Phi) is 3.24. The minimum atomic E-state index is -0.326. The highest BCUT2D eigenvalue weighted by molar-refractivity contribution is 6.34. The summed E-state index contributed by atoms with van der Waals surface area (Å²) in [6.45, 7) is 2.02. The predicted molar refractivity (Wildman–Crippen MR) is 102 cm³/mol. The van der Waals surface area contributed by atoms with Gasteiger partial charge in [0, 0.05) is 11.6 Å². The summed E-state index contributed by atoms with van der Waals surface area (Å²) in [7, 11) is 0. The van der Waals surface area contributed by atoms with E-state index in [4.69, 9.17) is 4.42 Å². The highest BCUT2D eigenvalue weighted by Crippen LogP contribution is 2.32. The first-order valence-corrected chi connectivity index (χ1v) is 8.57. The van der Waals surface area contributed by atoms with Crippen LogP contribution in [0.5, 0.6) is 0 Å². The topological polar surface area (TPSA) is 63.4 Å². The second-order valence-corrected chi connectivity index (χ2v) is 6.53. The number of benzene rings is 3. The molecule has 0 saturated carbocycles. The van der Waals surface area contributed by atoms with Crippen LogP contribution >= 0.6 is 0 Å². The number of rotatable bonds is 2. The first kappa shape index (κ1) is 15.5. The second kappa shape index (κ2) is 5.64. The number of carbonyl (C=O) groups is 2. The van der Waals surface area contributed by atoms with Gasteiger partial charge >= 0.3 is 0 Å². The van der Waals surface area contributed by atoms with Gasteiger partial charge in [0.2, 0.25) is 5.89 Å². The van der Waals surface area contributed by atoms with Crippen molar-refractivity contribution in [3.63, 3.8) is 0 Å². The van der Waals surface area contributed by atoms with Crippen LogP contribution in [0.15, 0.2) is 71.1 Å². The minimum Gasteiger partial charge on any atom is -0.436 e. The fraction of sp³-hybridized carbons (Fsp3) is 0.0455.